The van der Waals surface area contributed by atoms with Gasteiger partial charge in [-0.2, -0.15) is 4.51 Å². The average Bonchev–Trinajstić information content (AvgIpc) is 2.45. The molecule has 0 saturated carbocycles. The van der Waals surface area contributed by atoms with Crippen LogP contribution >= 0.6 is 11.8 Å². The van der Waals surface area contributed by atoms with Crippen LogP contribution in [0.4, 0.5) is 5.69 Å². The number of ether oxygens (including phenoxy) is 3. The molecule has 1 rings (SSSR count). The Hall–Kier alpha value is -1.79. The molecule has 0 aromatic heterocycles. The maximum atomic E-state index is 11.5. The quantitative estimate of drug-likeness (QED) is 0.510. The van der Waals surface area contributed by atoms with Gasteiger partial charge < -0.3 is 19.5 Å². The highest BCUT2D eigenvalue weighted by atomic mass is 35.5. The lowest BCUT2D eigenvalue weighted by Crippen LogP contribution is -2.18. The van der Waals surface area contributed by atoms with E-state index in [1.807, 2.05) is 0 Å². The van der Waals surface area contributed by atoms with Gasteiger partial charge in [-0.3, -0.25) is 0 Å². The van der Waals surface area contributed by atoms with Crippen molar-refractivity contribution in [2.24, 2.45) is 4.51 Å². The molecule has 19 heavy (non-hydrogen) atoms. The maximum absolute atomic E-state index is 11.5. The molecule has 6 nitrogen and oxygen atoms in total. The van der Waals surface area contributed by atoms with Crippen LogP contribution in [0, 0.1) is 0 Å². The van der Waals surface area contributed by atoms with Crippen LogP contribution in [0.25, 0.3) is 0 Å². The van der Waals surface area contributed by atoms with Gasteiger partial charge in [0.05, 0.1) is 25.5 Å². The van der Waals surface area contributed by atoms with E-state index < -0.39 is 5.97 Å². The Kier molecular flexibility index (Phi) is 6.11. The van der Waals surface area contributed by atoms with Crippen LogP contribution in [0.3, 0.4) is 0 Å². The van der Waals surface area contributed by atoms with Crippen molar-refractivity contribution in [2.45, 2.75) is 0 Å². The van der Waals surface area contributed by atoms with Gasteiger partial charge in [0.2, 0.25) is 0 Å². The summed E-state index contributed by atoms with van der Waals surface area (Å²) >= 11 is 5.43. The molecule has 0 amide bonds. The number of benzene rings is 1. The molecule has 0 aliphatic heterocycles. The van der Waals surface area contributed by atoms with E-state index >= 15 is 0 Å². The molecule has 0 fully saturated rings. The summed E-state index contributed by atoms with van der Waals surface area (Å²) in [4.78, 5) is 11.5. The average molecular weight is 287 g/mol. The fourth-order valence-corrected chi connectivity index (χ4v) is 1.52. The van der Waals surface area contributed by atoms with E-state index in [1.165, 1.54) is 21.3 Å². The van der Waals surface area contributed by atoms with E-state index in [2.05, 4.69) is 14.6 Å². The first-order valence-corrected chi connectivity index (χ1v) is 5.70. The third-order valence-electron chi connectivity index (χ3n) is 2.28. The molecule has 0 radical (unpaired) electrons. The Morgan fingerprint density at radius 3 is 2.63 bits per heavy atom. The van der Waals surface area contributed by atoms with E-state index in [4.69, 9.17) is 21.3 Å². The van der Waals surface area contributed by atoms with Crippen molar-refractivity contribution in [3.63, 3.8) is 0 Å². The van der Waals surface area contributed by atoms with E-state index in [0.717, 1.165) is 0 Å². The molecule has 0 unspecified atom stereocenters. The van der Waals surface area contributed by atoms with E-state index in [9.17, 15) is 4.79 Å². The normalized spacial score (nSPS) is 11.1. The number of carbonyl (C=O) groups excluding carboxylic acids is 1. The Balaban J connectivity index is 3.05. The molecule has 0 saturated heterocycles. The summed E-state index contributed by atoms with van der Waals surface area (Å²) < 4.78 is 18.3. The van der Waals surface area contributed by atoms with Crippen molar-refractivity contribution >= 4 is 29.3 Å². The van der Waals surface area contributed by atoms with Crippen molar-refractivity contribution in [3.8, 4) is 5.75 Å². The smallest absolute Gasteiger partial charge is 0.337 e. The van der Waals surface area contributed by atoms with Gasteiger partial charge in [0.15, 0.2) is 0 Å². The third-order valence-corrected chi connectivity index (χ3v) is 2.49. The van der Waals surface area contributed by atoms with Crippen LogP contribution in [-0.4, -0.2) is 39.7 Å². The first kappa shape index (κ1) is 15.3. The van der Waals surface area contributed by atoms with E-state index in [-0.39, 0.29) is 6.61 Å². The topological polar surface area (TPSA) is 69.2 Å². The minimum absolute atomic E-state index is 0.203. The monoisotopic (exact) mass is 286 g/mol. The molecule has 0 spiro atoms. The highest BCUT2D eigenvalue weighted by molar-refractivity contribution is 6.21. The van der Waals surface area contributed by atoms with Crippen LogP contribution in [0.1, 0.15) is 10.4 Å². The molecule has 0 bridgehead atoms. The van der Waals surface area contributed by atoms with Gasteiger partial charge in [0.1, 0.15) is 18.2 Å². The first-order valence-electron chi connectivity index (χ1n) is 5.36. The first-order chi connectivity index (χ1) is 9.15. The Morgan fingerprint density at radius 2 is 2.11 bits per heavy atom. The summed E-state index contributed by atoms with van der Waals surface area (Å²) in [5, 5.41) is 2.93. The van der Waals surface area contributed by atoms with Gasteiger partial charge in [0.25, 0.3) is 0 Å². The SMILES string of the molecule is COC/C(=N\Cl)Nc1cc(C(=O)OC)ccc1OC. The fourth-order valence-electron chi connectivity index (χ4n) is 1.42. The molecular weight excluding hydrogens is 272 g/mol. The summed E-state index contributed by atoms with van der Waals surface area (Å²) in [6, 6.07) is 4.83. The van der Waals surface area contributed by atoms with Gasteiger partial charge in [-0.15, -0.1) is 0 Å². The van der Waals surface area contributed by atoms with Crippen molar-refractivity contribution in [1.29, 1.82) is 0 Å². The second kappa shape index (κ2) is 7.60. The van der Waals surface area contributed by atoms with Crippen molar-refractivity contribution in [3.05, 3.63) is 23.8 Å². The predicted molar refractivity (Wildman–Crippen MR) is 73.1 cm³/mol. The van der Waals surface area contributed by atoms with E-state index in [1.54, 1.807) is 18.2 Å². The van der Waals surface area contributed by atoms with Crippen LogP contribution in [-0.2, 0) is 9.47 Å². The lowest BCUT2D eigenvalue weighted by molar-refractivity contribution is 0.0601. The summed E-state index contributed by atoms with van der Waals surface area (Å²) in [6.07, 6.45) is 0. The second-order valence-corrected chi connectivity index (χ2v) is 3.66. The highest BCUT2D eigenvalue weighted by Crippen LogP contribution is 2.26. The van der Waals surface area contributed by atoms with Crippen LogP contribution in [0.2, 0.25) is 0 Å². The van der Waals surface area contributed by atoms with Gasteiger partial charge in [-0.25, -0.2) is 4.79 Å². The summed E-state index contributed by atoms with van der Waals surface area (Å²) in [6.45, 7) is 0.203. The molecule has 0 aliphatic rings. The molecule has 0 atom stereocenters. The number of anilines is 1. The zero-order valence-corrected chi connectivity index (χ0v) is 11.7. The third kappa shape index (κ3) is 4.11. The molecule has 1 aromatic carbocycles. The molecular formula is C12H15ClN2O4. The molecule has 104 valence electrons. The summed E-state index contributed by atoms with van der Waals surface area (Å²) in [5.41, 5.74) is 0.930. The Labute approximate surface area is 116 Å². The number of nitrogens with one attached hydrogen (secondary N) is 1. The van der Waals surface area contributed by atoms with Crippen LogP contribution in [0.5, 0.6) is 5.75 Å². The van der Waals surface area contributed by atoms with E-state index in [0.29, 0.717) is 22.8 Å². The fraction of sp³-hybridized carbons (Fsp3) is 0.333. The number of amidine groups is 1. The number of hydrogen-bond donors (Lipinski definition) is 1. The van der Waals surface area contributed by atoms with Gasteiger partial charge in [-0.1, -0.05) is 0 Å². The number of esters is 1. The van der Waals surface area contributed by atoms with Crippen molar-refractivity contribution in [2.75, 3.05) is 33.3 Å². The number of rotatable bonds is 5. The van der Waals surface area contributed by atoms with Gasteiger partial charge >= 0.3 is 5.97 Å². The summed E-state index contributed by atoms with van der Waals surface area (Å²) in [7, 11) is 4.36. The van der Waals surface area contributed by atoms with Gasteiger partial charge in [0, 0.05) is 18.9 Å². The molecule has 7 heteroatoms. The van der Waals surface area contributed by atoms with Crippen molar-refractivity contribution < 1.29 is 19.0 Å². The zero-order valence-electron chi connectivity index (χ0n) is 10.9. The zero-order chi connectivity index (χ0) is 14.3. The molecule has 1 N–H and O–H groups in total. The van der Waals surface area contributed by atoms with Crippen LogP contribution < -0.4 is 10.1 Å². The maximum Gasteiger partial charge on any atom is 0.337 e. The second-order valence-electron chi connectivity index (χ2n) is 3.50. The molecule has 1 aromatic rings. The largest absolute Gasteiger partial charge is 0.495 e. The lowest BCUT2D eigenvalue weighted by atomic mass is 10.2. The minimum atomic E-state index is -0.443. The van der Waals surface area contributed by atoms with Crippen LogP contribution in [0.15, 0.2) is 22.7 Å². The number of halogens is 1. The molecule has 0 heterocycles. The Bertz CT molecular complexity index is 477. The standard InChI is InChI=1S/C12H15ClN2O4/c1-17-7-11(15-13)14-9-6-8(12(16)19-3)4-5-10(9)18-2/h4-6H,7H2,1-3H3,(H,14,15). The minimum Gasteiger partial charge on any atom is -0.495 e. The number of hydrogen-bond acceptors (Lipinski definition) is 5. The highest BCUT2D eigenvalue weighted by Gasteiger charge is 2.11. The number of methoxy groups -OCH3 is 3. The Morgan fingerprint density at radius 1 is 1.37 bits per heavy atom. The number of nitrogens with zero attached hydrogens (tertiary/aromatic N) is 1. The van der Waals surface area contributed by atoms with Crippen molar-refractivity contribution in [1.82, 2.24) is 0 Å². The molecule has 0 aliphatic carbocycles. The summed E-state index contributed by atoms with van der Waals surface area (Å²) in [5.74, 6) is 0.493. The van der Waals surface area contributed by atoms with Gasteiger partial charge in [-0.05, 0) is 18.2 Å². The number of carbonyl (C=O) groups is 1. The predicted octanol–water partition coefficient (Wildman–Crippen LogP) is 2.09. The lowest BCUT2D eigenvalue weighted by Gasteiger charge is -2.13.